The van der Waals surface area contributed by atoms with Crippen molar-refractivity contribution in [3.63, 3.8) is 0 Å². The number of likely N-dealkylation sites (tertiary alicyclic amines) is 1. The first-order valence-electron chi connectivity index (χ1n) is 13.1. The van der Waals surface area contributed by atoms with Crippen molar-refractivity contribution in [2.24, 2.45) is 0 Å². The van der Waals surface area contributed by atoms with Crippen LogP contribution in [-0.4, -0.2) is 58.6 Å². The van der Waals surface area contributed by atoms with E-state index in [1.165, 1.54) is 6.07 Å². The van der Waals surface area contributed by atoms with Crippen LogP contribution in [0.2, 0.25) is 0 Å². The molecule has 1 N–H and O–H groups in total. The molecule has 2 heterocycles. The molecule has 1 aliphatic heterocycles. The number of halogens is 1. The van der Waals surface area contributed by atoms with Crippen LogP contribution in [0.15, 0.2) is 54.9 Å². The molecule has 2 aromatic carbocycles. The zero-order chi connectivity index (χ0) is 26.1. The van der Waals surface area contributed by atoms with Gasteiger partial charge in [-0.25, -0.2) is 9.37 Å². The van der Waals surface area contributed by atoms with Gasteiger partial charge in [0.05, 0.1) is 19.3 Å². The Morgan fingerprint density at radius 3 is 2.73 bits per heavy atom. The quantitative estimate of drug-likeness (QED) is 0.351. The number of ether oxygens (including phenoxy) is 3. The van der Waals surface area contributed by atoms with E-state index in [9.17, 15) is 9.50 Å². The van der Waals surface area contributed by atoms with Gasteiger partial charge in [-0.1, -0.05) is 25.1 Å². The van der Waals surface area contributed by atoms with E-state index in [-0.39, 0.29) is 12.4 Å². The number of benzene rings is 2. The molecule has 1 fully saturated rings. The molecule has 7 nitrogen and oxygen atoms in total. The van der Waals surface area contributed by atoms with E-state index in [4.69, 9.17) is 14.2 Å². The zero-order valence-electron chi connectivity index (χ0n) is 21.9. The summed E-state index contributed by atoms with van der Waals surface area (Å²) in [6.45, 7) is 5.98. The lowest BCUT2D eigenvalue weighted by Crippen LogP contribution is -2.37. The van der Waals surface area contributed by atoms with Crippen molar-refractivity contribution in [2.45, 2.75) is 57.7 Å². The second-order valence-electron chi connectivity index (χ2n) is 9.65. The van der Waals surface area contributed by atoms with Crippen LogP contribution in [0.4, 0.5) is 4.39 Å². The number of aryl methyl sites for hydroxylation is 2. The van der Waals surface area contributed by atoms with Crippen LogP contribution in [0.1, 0.15) is 44.0 Å². The maximum Gasteiger partial charge on any atom is 0.165 e. The first kappa shape index (κ1) is 26.9. The molecule has 200 valence electrons. The summed E-state index contributed by atoms with van der Waals surface area (Å²) in [5.41, 5.74) is 0.157. The standard InChI is InChI=1S/C29H38FN3O4/c1-3-28-31-14-18-33(28)16-7-19-36-27-20-23(10-11-26(27)35-2)21-32-15-6-12-29(34,13-17-32)22-37-25-9-5-4-8-24(25)30/h4-5,8-11,14,18,20,34H,3,6-7,12-13,15-17,19,21-22H2,1-2H3/t29-/m0/s1. The molecule has 0 spiro atoms. The van der Waals surface area contributed by atoms with Crippen LogP contribution < -0.4 is 14.2 Å². The Balaban J connectivity index is 1.29. The Hall–Kier alpha value is -3.10. The summed E-state index contributed by atoms with van der Waals surface area (Å²) in [4.78, 5) is 6.70. The lowest BCUT2D eigenvalue weighted by Gasteiger charge is -2.27. The number of nitrogens with zero attached hydrogens (tertiary/aromatic N) is 3. The van der Waals surface area contributed by atoms with E-state index in [1.807, 2.05) is 24.5 Å². The molecule has 1 atom stereocenters. The number of hydrogen-bond acceptors (Lipinski definition) is 6. The van der Waals surface area contributed by atoms with Crippen LogP contribution in [0.25, 0.3) is 0 Å². The van der Waals surface area contributed by atoms with Gasteiger partial charge in [-0.3, -0.25) is 4.90 Å². The monoisotopic (exact) mass is 511 g/mol. The molecule has 8 heteroatoms. The van der Waals surface area contributed by atoms with E-state index in [0.717, 1.165) is 68.3 Å². The van der Waals surface area contributed by atoms with E-state index < -0.39 is 11.4 Å². The molecule has 0 radical (unpaired) electrons. The molecule has 37 heavy (non-hydrogen) atoms. The van der Waals surface area contributed by atoms with Crippen LogP contribution >= 0.6 is 0 Å². The van der Waals surface area contributed by atoms with E-state index >= 15 is 0 Å². The van der Waals surface area contributed by atoms with Crippen molar-refractivity contribution in [3.05, 3.63) is 72.1 Å². The largest absolute Gasteiger partial charge is 0.493 e. The SMILES string of the molecule is CCc1nccn1CCCOc1cc(CN2CCC[C@@](O)(COc3ccccc3F)CC2)ccc1OC. The van der Waals surface area contributed by atoms with Crippen molar-refractivity contribution >= 4 is 0 Å². The fraction of sp³-hybridized carbons (Fsp3) is 0.483. The summed E-state index contributed by atoms with van der Waals surface area (Å²) in [6, 6.07) is 12.4. The van der Waals surface area contributed by atoms with Gasteiger partial charge in [-0.05, 0) is 62.1 Å². The van der Waals surface area contributed by atoms with Crippen LogP contribution in [0.3, 0.4) is 0 Å². The minimum absolute atomic E-state index is 0.0844. The molecular weight excluding hydrogens is 473 g/mol. The van der Waals surface area contributed by atoms with Gasteiger partial charge in [0, 0.05) is 38.4 Å². The van der Waals surface area contributed by atoms with Crippen LogP contribution in [-0.2, 0) is 19.5 Å². The van der Waals surface area contributed by atoms with Crippen LogP contribution in [0, 0.1) is 5.82 Å². The fourth-order valence-corrected chi connectivity index (χ4v) is 4.78. The Morgan fingerprint density at radius 1 is 1.05 bits per heavy atom. The smallest absolute Gasteiger partial charge is 0.165 e. The molecular formula is C29H38FN3O4. The third-order valence-electron chi connectivity index (χ3n) is 6.90. The summed E-state index contributed by atoms with van der Waals surface area (Å²) in [5.74, 6) is 2.31. The number of aliphatic hydroxyl groups is 1. The average Bonchev–Trinajstić information content (AvgIpc) is 3.29. The summed E-state index contributed by atoms with van der Waals surface area (Å²) in [5, 5.41) is 11.1. The predicted octanol–water partition coefficient (Wildman–Crippen LogP) is 4.86. The maximum atomic E-state index is 13.9. The highest BCUT2D eigenvalue weighted by molar-refractivity contribution is 5.43. The first-order valence-corrected chi connectivity index (χ1v) is 13.1. The van der Waals surface area contributed by atoms with Crippen molar-refractivity contribution in [2.75, 3.05) is 33.4 Å². The van der Waals surface area contributed by atoms with Crippen molar-refractivity contribution in [1.29, 1.82) is 0 Å². The summed E-state index contributed by atoms with van der Waals surface area (Å²) in [6.07, 6.45) is 7.65. The molecule has 0 amide bonds. The highest BCUT2D eigenvalue weighted by Crippen LogP contribution is 2.30. The number of hydrogen-bond donors (Lipinski definition) is 1. The number of aromatic nitrogens is 2. The Labute approximate surface area is 218 Å². The van der Waals surface area contributed by atoms with Gasteiger partial charge in [-0.2, -0.15) is 0 Å². The normalized spacial score (nSPS) is 18.4. The minimum Gasteiger partial charge on any atom is -0.493 e. The molecule has 0 unspecified atom stereocenters. The van der Waals surface area contributed by atoms with Crippen LogP contribution in [0.5, 0.6) is 17.2 Å². The van der Waals surface area contributed by atoms with Gasteiger partial charge in [0.25, 0.3) is 0 Å². The van der Waals surface area contributed by atoms with Gasteiger partial charge in [-0.15, -0.1) is 0 Å². The predicted molar refractivity (Wildman–Crippen MR) is 141 cm³/mol. The molecule has 3 aromatic rings. The Morgan fingerprint density at radius 2 is 1.92 bits per heavy atom. The lowest BCUT2D eigenvalue weighted by atomic mass is 9.96. The number of imidazole rings is 1. The second-order valence-corrected chi connectivity index (χ2v) is 9.65. The molecule has 1 aromatic heterocycles. The highest BCUT2D eigenvalue weighted by atomic mass is 19.1. The molecule has 0 aliphatic carbocycles. The highest BCUT2D eigenvalue weighted by Gasteiger charge is 2.31. The van der Waals surface area contributed by atoms with Crippen molar-refractivity contribution < 1.29 is 23.7 Å². The van der Waals surface area contributed by atoms with E-state index in [2.05, 4.69) is 27.4 Å². The maximum absolute atomic E-state index is 13.9. The Kier molecular flexibility index (Phi) is 9.41. The average molecular weight is 512 g/mol. The molecule has 0 saturated carbocycles. The topological polar surface area (TPSA) is 69.0 Å². The molecule has 1 saturated heterocycles. The van der Waals surface area contributed by atoms with Gasteiger partial charge >= 0.3 is 0 Å². The fourth-order valence-electron chi connectivity index (χ4n) is 4.78. The van der Waals surface area contributed by atoms with Gasteiger partial charge in [0.15, 0.2) is 23.1 Å². The van der Waals surface area contributed by atoms with Gasteiger partial charge in [0.2, 0.25) is 0 Å². The zero-order valence-corrected chi connectivity index (χ0v) is 21.9. The number of methoxy groups -OCH3 is 1. The third kappa shape index (κ3) is 7.46. The molecule has 0 bridgehead atoms. The third-order valence-corrected chi connectivity index (χ3v) is 6.90. The lowest BCUT2D eigenvalue weighted by molar-refractivity contribution is -0.0177. The van der Waals surface area contributed by atoms with Crippen molar-refractivity contribution in [3.8, 4) is 17.2 Å². The van der Waals surface area contributed by atoms with Crippen molar-refractivity contribution in [1.82, 2.24) is 14.5 Å². The first-order chi connectivity index (χ1) is 18.0. The summed E-state index contributed by atoms with van der Waals surface area (Å²) < 4.78 is 33.3. The Bertz CT molecular complexity index is 1140. The molecule has 1 aliphatic rings. The number of para-hydroxylation sites is 1. The summed E-state index contributed by atoms with van der Waals surface area (Å²) >= 11 is 0. The van der Waals surface area contributed by atoms with Gasteiger partial charge < -0.3 is 23.9 Å². The number of rotatable bonds is 12. The second kappa shape index (κ2) is 12.9. The van der Waals surface area contributed by atoms with E-state index in [0.29, 0.717) is 19.4 Å². The van der Waals surface area contributed by atoms with E-state index in [1.54, 1.807) is 25.3 Å². The van der Waals surface area contributed by atoms with Gasteiger partial charge in [0.1, 0.15) is 12.4 Å². The summed E-state index contributed by atoms with van der Waals surface area (Å²) in [7, 11) is 1.65. The minimum atomic E-state index is -0.974. The molecule has 4 rings (SSSR count).